The molecule has 0 atom stereocenters. The van der Waals surface area contributed by atoms with Gasteiger partial charge in [-0.3, -0.25) is 0 Å². The molecule has 1 aliphatic heterocycles. The van der Waals surface area contributed by atoms with Crippen LogP contribution in [0, 0.1) is 0 Å². The lowest BCUT2D eigenvalue weighted by Gasteiger charge is -2.10. The minimum absolute atomic E-state index is 0.209. The molecule has 0 bridgehead atoms. The number of benzene rings is 1. The van der Waals surface area contributed by atoms with E-state index in [0.717, 1.165) is 36.2 Å². The number of oxime groups is 1. The van der Waals surface area contributed by atoms with Gasteiger partial charge in [-0.2, -0.15) is 0 Å². The molecule has 1 aromatic carbocycles. The fourth-order valence-corrected chi connectivity index (χ4v) is 2.68. The average Bonchev–Trinajstić information content (AvgIpc) is 3.16. The highest BCUT2D eigenvalue weighted by Crippen LogP contribution is 2.37. The second-order valence-corrected chi connectivity index (χ2v) is 5.43. The number of ether oxygens (including phenoxy) is 2. The average molecular weight is 322 g/mol. The van der Waals surface area contributed by atoms with Crippen LogP contribution in [0.1, 0.15) is 29.8 Å². The van der Waals surface area contributed by atoms with Crippen LogP contribution in [0.25, 0.3) is 0 Å². The Kier molecular flexibility index (Phi) is 3.34. The van der Waals surface area contributed by atoms with Crippen LogP contribution in [0.2, 0.25) is 5.02 Å². The number of nitrogens with zero attached hydrogens (tertiary/aromatic N) is 3. The number of aryl methyl sites for hydroxylation is 1. The molecule has 2 heterocycles. The van der Waals surface area contributed by atoms with Gasteiger partial charge in [0.15, 0.2) is 17.2 Å². The van der Waals surface area contributed by atoms with E-state index in [1.807, 2.05) is 0 Å². The number of fused-ring (bicyclic) bond motifs is 2. The maximum absolute atomic E-state index is 6.19. The van der Waals surface area contributed by atoms with Crippen LogP contribution in [-0.2, 0) is 17.9 Å². The summed E-state index contributed by atoms with van der Waals surface area (Å²) >= 11 is 6.19. The number of rotatable bonds is 3. The van der Waals surface area contributed by atoms with Crippen molar-refractivity contribution in [3.05, 3.63) is 34.1 Å². The van der Waals surface area contributed by atoms with Gasteiger partial charge in [0.25, 0.3) is 0 Å². The van der Waals surface area contributed by atoms with Gasteiger partial charge in [0, 0.05) is 11.6 Å². The Balaban J connectivity index is 1.49. The van der Waals surface area contributed by atoms with E-state index in [1.165, 1.54) is 0 Å². The first-order chi connectivity index (χ1) is 10.8. The highest BCUT2D eigenvalue weighted by molar-refractivity contribution is 6.31. The normalized spacial score (nSPS) is 17.6. The van der Waals surface area contributed by atoms with Gasteiger partial charge in [-0.05, 0) is 30.5 Å². The van der Waals surface area contributed by atoms with Crippen LogP contribution in [0.4, 0.5) is 0 Å². The molecule has 0 unspecified atom stereocenters. The number of hydrogen-bond donors (Lipinski definition) is 0. The molecule has 0 spiro atoms. The minimum Gasteiger partial charge on any atom is -0.454 e. The third kappa shape index (κ3) is 2.37. The summed E-state index contributed by atoms with van der Waals surface area (Å²) in [5, 5.41) is 12.4. The fourth-order valence-electron chi connectivity index (χ4n) is 2.47. The van der Waals surface area contributed by atoms with Gasteiger partial charge in [0.2, 0.25) is 6.79 Å². The largest absolute Gasteiger partial charge is 0.454 e. The van der Waals surface area contributed by atoms with Crippen LogP contribution in [-0.4, -0.2) is 22.8 Å². The maximum Gasteiger partial charge on any atom is 0.231 e. The van der Waals surface area contributed by atoms with Crippen molar-refractivity contribution >= 4 is 17.3 Å². The predicted octanol–water partition coefficient (Wildman–Crippen LogP) is 2.71. The Labute approximate surface area is 130 Å². The van der Waals surface area contributed by atoms with Crippen molar-refractivity contribution < 1.29 is 18.9 Å². The molecular weight excluding hydrogens is 310 g/mol. The van der Waals surface area contributed by atoms with Gasteiger partial charge in [0.1, 0.15) is 18.0 Å². The summed E-state index contributed by atoms with van der Waals surface area (Å²) in [4.78, 5) is 5.42. The Bertz CT molecular complexity index is 744. The summed E-state index contributed by atoms with van der Waals surface area (Å²) in [6, 6.07) is 3.52. The topological polar surface area (TPSA) is 79.0 Å². The molecule has 0 fully saturated rings. The van der Waals surface area contributed by atoms with Gasteiger partial charge < -0.3 is 14.3 Å². The van der Waals surface area contributed by atoms with Crippen molar-refractivity contribution in [2.24, 2.45) is 5.16 Å². The highest BCUT2D eigenvalue weighted by atomic mass is 35.5. The van der Waals surface area contributed by atoms with Crippen LogP contribution in [0.5, 0.6) is 11.5 Å². The summed E-state index contributed by atoms with van der Waals surface area (Å²) in [5.41, 5.74) is 3.04. The standard InChI is InChI=1S/C14H12ClN3O4/c15-9-5-13-12(19-7-20-13)4-8(9)6-21-16-10-2-1-3-11-14(10)18-22-17-11/h4-5H,1-3,6-7H2/b16-10+. The molecule has 2 aliphatic rings. The smallest absolute Gasteiger partial charge is 0.231 e. The third-order valence-electron chi connectivity index (χ3n) is 3.59. The Hall–Kier alpha value is -2.28. The first-order valence-electron chi connectivity index (χ1n) is 6.90. The zero-order chi connectivity index (χ0) is 14.9. The summed E-state index contributed by atoms with van der Waals surface area (Å²) in [5.74, 6) is 1.31. The quantitative estimate of drug-likeness (QED) is 0.809. The van der Waals surface area contributed by atoms with Crippen molar-refractivity contribution in [1.29, 1.82) is 0 Å². The second kappa shape index (κ2) is 5.49. The van der Waals surface area contributed by atoms with E-state index in [-0.39, 0.29) is 13.4 Å². The van der Waals surface area contributed by atoms with E-state index < -0.39 is 0 Å². The van der Waals surface area contributed by atoms with Crippen LogP contribution in [0.3, 0.4) is 0 Å². The molecule has 0 saturated heterocycles. The van der Waals surface area contributed by atoms with E-state index in [2.05, 4.69) is 15.5 Å². The lowest BCUT2D eigenvalue weighted by molar-refractivity contribution is 0.129. The molecule has 0 saturated carbocycles. The van der Waals surface area contributed by atoms with E-state index in [9.17, 15) is 0 Å². The molecule has 8 heteroatoms. The van der Waals surface area contributed by atoms with Crippen LogP contribution < -0.4 is 9.47 Å². The molecule has 114 valence electrons. The highest BCUT2D eigenvalue weighted by Gasteiger charge is 2.22. The van der Waals surface area contributed by atoms with Crippen LogP contribution >= 0.6 is 11.6 Å². The number of halogens is 1. The molecule has 0 amide bonds. The number of hydrogen-bond acceptors (Lipinski definition) is 7. The summed E-state index contributed by atoms with van der Waals surface area (Å²) in [6.07, 6.45) is 2.59. The Morgan fingerprint density at radius 1 is 1.18 bits per heavy atom. The van der Waals surface area contributed by atoms with Gasteiger partial charge in [-0.15, -0.1) is 0 Å². The molecule has 22 heavy (non-hydrogen) atoms. The van der Waals surface area contributed by atoms with Crippen molar-refractivity contribution in [3.8, 4) is 11.5 Å². The van der Waals surface area contributed by atoms with Gasteiger partial charge in [-0.25, -0.2) is 4.63 Å². The van der Waals surface area contributed by atoms with Gasteiger partial charge in [0.05, 0.1) is 5.02 Å². The van der Waals surface area contributed by atoms with Crippen molar-refractivity contribution in [2.75, 3.05) is 6.79 Å². The molecule has 1 aliphatic carbocycles. The van der Waals surface area contributed by atoms with Crippen LogP contribution in [0.15, 0.2) is 21.9 Å². The first kappa shape index (κ1) is 13.4. The van der Waals surface area contributed by atoms with Crippen molar-refractivity contribution in [2.45, 2.75) is 25.9 Å². The summed E-state index contributed by atoms with van der Waals surface area (Å²) in [7, 11) is 0. The minimum atomic E-state index is 0.209. The van der Waals surface area contributed by atoms with E-state index in [4.69, 9.17) is 30.5 Å². The predicted molar refractivity (Wildman–Crippen MR) is 76.1 cm³/mol. The first-order valence-corrected chi connectivity index (χ1v) is 7.28. The summed E-state index contributed by atoms with van der Waals surface area (Å²) < 4.78 is 15.3. The molecule has 1 aromatic heterocycles. The number of aromatic nitrogens is 2. The van der Waals surface area contributed by atoms with E-state index in [0.29, 0.717) is 22.2 Å². The van der Waals surface area contributed by atoms with E-state index >= 15 is 0 Å². The van der Waals surface area contributed by atoms with Crippen molar-refractivity contribution in [3.63, 3.8) is 0 Å². The van der Waals surface area contributed by atoms with Gasteiger partial charge in [-0.1, -0.05) is 21.9 Å². The molecule has 0 N–H and O–H groups in total. The fraction of sp³-hybridized carbons (Fsp3) is 0.357. The SMILES string of the molecule is Clc1cc2c(cc1CO/N=C1\CCCc3nonc31)OCO2. The van der Waals surface area contributed by atoms with Gasteiger partial charge >= 0.3 is 0 Å². The second-order valence-electron chi connectivity index (χ2n) is 5.02. The molecular formula is C14H12ClN3O4. The maximum atomic E-state index is 6.19. The zero-order valence-corrected chi connectivity index (χ0v) is 12.3. The lowest BCUT2D eigenvalue weighted by Crippen LogP contribution is -2.12. The van der Waals surface area contributed by atoms with E-state index in [1.54, 1.807) is 12.1 Å². The monoisotopic (exact) mass is 321 g/mol. The molecule has 7 nitrogen and oxygen atoms in total. The molecule has 0 radical (unpaired) electrons. The Morgan fingerprint density at radius 2 is 2.05 bits per heavy atom. The third-order valence-corrected chi connectivity index (χ3v) is 3.95. The molecule has 2 aromatic rings. The molecule has 4 rings (SSSR count). The van der Waals surface area contributed by atoms with Crippen molar-refractivity contribution in [1.82, 2.24) is 10.3 Å². The Morgan fingerprint density at radius 3 is 2.95 bits per heavy atom. The lowest BCUT2D eigenvalue weighted by atomic mass is 9.99. The zero-order valence-electron chi connectivity index (χ0n) is 11.5. The summed E-state index contributed by atoms with van der Waals surface area (Å²) in [6.45, 7) is 0.444.